The zero-order chi connectivity index (χ0) is 33.9. The van der Waals surface area contributed by atoms with E-state index in [1.807, 2.05) is 52.0 Å². The Kier molecular flexibility index (Phi) is 9.04. The van der Waals surface area contributed by atoms with Crippen LogP contribution >= 0.6 is 11.6 Å². The third-order valence-electron chi connectivity index (χ3n) is 12.2. The van der Waals surface area contributed by atoms with Crippen LogP contribution in [-0.4, -0.2) is 62.1 Å². The molecule has 1 aromatic carbocycles. The van der Waals surface area contributed by atoms with E-state index in [0.717, 1.165) is 11.1 Å². The minimum atomic E-state index is -2.00. The standard InChI is InChI=1S/C37H47ClO8/c1-22(2)23(3)19-32(41)46-30-21-29-33(5)15-14-27(45-31(40)12-11-25-9-7-8-10-28(25)38)20-26(33)13-16-36(29,43)37(44)18-17-35(42,24(4)39)34(30,37)6/h7-13,19,22,27,29-30,42-44H,14-18,20-21H2,1-6H3/b12-11+,23-19+/t27-,29+,30+,33-,34+,35+,36-,37+/m0/s1. The molecular formula is C37H47ClO8. The molecule has 1 aromatic rings. The van der Waals surface area contributed by atoms with Gasteiger partial charge in [0, 0.05) is 29.5 Å². The molecule has 250 valence electrons. The maximum absolute atomic E-state index is 13.3. The molecule has 8 nitrogen and oxygen atoms in total. The van der Waals surface area contributed by atoms with Crippen LogP contribution in [0.4, 0.5) is 0 Å². The van der Waals surface area contributed by atoms with Gasteiger partial charge in [0.1, 0.15) is 29.0 Å². The Morgan fingerprint density at radius 1 is 1.00 bits per heavy atom. The first-order valence-electron chi connectivity index (χ1n) is 16.3. The number of carbonyl (C=O) groups excluding carboxylic acids is 3. The zero-order valence-electron chi connectivity index (χ0n) is 27.6. The number of carbonyl (C=O) groups is 3. The predicted octanol–water partition coefficient (Wildman–Crippen LogP) is 5.90. The number of fused-ring (bicyclic) bond motifs is 5. The van der Waals surface area contributed by atoms with Crippen LogP contribution in [0.2, 0.25) is 5.02 Å². The summed E-state index contributed by atoms with van der Waals surface area (Å²) in [5.74, 6) is -2.07. The predicted molar refractivity (Wildman–Crippen MR) is 174 cm³/mol. The fourth-order valence-corrected chi connectivity index (χ4v) is 9.15. The van der Waals surface area contributed by atoms with E-state index in [1.165, 1.54) is 19.1 Å². The van der Waals surface area contributed by atoms with E-state index in [-0.39, 0.29) is 37.7 Å². The number of halogens is 1. The van der Waals surface area contributed by atoms with Gasteiger partial charge in [0.15, 0.2) is 5.78 Å². The average Bonchev–Trinajstić information content (AvgIpc) is 3.22. The van der Waals surface area contributed by atoms with Gasteiger partial charge in [-0.3, -0.25) is 4.79 Å². The number of hydrogen-bond donors (Lipinski definition) is 3. The Hall–Kier alpha value is -2.78. The van der Waals surface area contributed by atoms with Gasteiger partial charge in [-0.25, -0.2) is 9.59 Å². The molecule has 3 N–H and O–H groups in total. The Morgan fingerprint density at radius 2 is 1.70 bits per heavy atom. The number of ether oxygens (including phenoxy) is 2. The van der Waals surface area contributed by atoms with Crippen molar-refractivity contribution in [2.24, 2.45) is 22.7 Å². The van der Waals surface area contributed by atoms with Crippen LogP contribution in [0.5, 0.6) is 0 Å². The maximum Gasteiger partial charge on any atom is 0.331 e. The monoisotopic (exact) mass is 654 g/mol. The SMILES string of the molecule is CC(=O)[C@]1(O)CC[C@@]2(O)[C@]1(C)[C@H](OC(=O)/C=C(\C)C(C)C)C[C@@H]1[C@@]3(C)CC[C@H](OC(=O)/C=C/c4ccccc4Cl)CC3=CC[C@]12O. The van der Waals surface area contributed by atoms with Gasteiger partial charge in [-0.15, -0.1) is 0 Å². The topological polar surface area (TPSA) is 130 Å². The third kappa shape index (κ3) is 5.20. The second kappa shape index (κ2) is 12.0. The normalized spacial score (nSPS) is 38.9. The van der Waals surface area contributed by atoms with E-state index in [2.05, 4.69) is 0 Å². The number of hydrogen-bond acceptors (Lipinski definition) is 8. The number of Topliss-reactive ketones (excluding diaryl/α,β-unsaturated/α-hetero) is 1. The van der Waals surface area contributed by atoms with Crippen molar-refractivity contribution >= 4 is 35.4 Å². The van der Waals surface area contributed by atoms with Crippen LogP contribution in [0, 0.1) is 22.7 Å². The molecule has 4 aliphatic carbocycles. The summed E-state index contributed by atoms with van der Waals surface area (Å²) in [4.78, 5) is 39.1. The molecule has 0 aromatic heterocycles. The first kappa shape index (κ1) is 34.6. The van der Waals surface area contributed by atoms with Crippen molar-refractivity contribution in [2.75, 3.05) is 0 Å². The Bertz CT molecular complexity index is 1510. The van der Waals surface area contributed by atoms with Gasteiger partial charge < -0.3 is 24.8 Å². The van der Waals surface area contributed by atoms with E-state index >= 15 is 0 Å². The van der Waals surface area contributed by atoms with Crippen molar-refractivity contribution < 1.29 is 39.2 Å². The summed E-state index contributed by atoms with van der Waals surface area (Å²) in [6.07, 6.45) is 6.59. The maximum atomic E-state index is 13.3. The summed E-state index contributed by atoms with van der Waals surface area (Å²) in [5.41, 5.74) is -5.37. The molecule has 0 bridgehead atoms. The lowest BCUT2D eigenvalue weighted by atomic mass is 9.42. The molecule has 9 heteroatoms. The molecule has 3 saturated carbocycles. The van der Waals surface area contributed by atoms with Gasteiger partial charge in [-0.05, 0) is 88.3 Å². The van der Waals surface area contributed by atoms with Gasteiger partial charge in [0.25, 0.3) is 0 Å². The molecular weight excluding hydrogens is 608 g/mol. The fourth-order valence-electron chi connectivity index (χ4n) is 8.96. The van der Waals surface area contributed by atoms with Crippen LogP contribution in [0.1, 0.15) is 92.1 Å². The number of rotatable bonds is 7. The van der Waals surface area contributed by atoms with Crippen molar-refractivity contribution in [1.82, 2.24) is 0 Å². The van der Waals surface area contributed by atoms with E-state index in [0.29, 0.717) is 29.8 Å². The number of esters is 2. The van der Waals surface area contributed by atoms with Crippen LogP contribution < -0.4 is 0 Å². The summed E-state index contributed by atoms with van der Waals surface area (Å²) >= 11 is 6.20. The molecule has 0 radical (unpaired) electrons. The summed E-state index contributed by atoms with van der Waals surface area (Å²) in [6, 6.07) is 7.20. The van der Waals surface area contributed by atoms with E-state index in [9.17, 15) is 29.7 Å². The van der Waals surface area contributed by atoms with Crippen molar-refractivity contribution in [2.45, 2.75) is 115 Å². The number of benzene rings is 1. The summed E-state index contributed by atoms with van der Waals surface area (Å²) in [6.45, 7) is 10.7. The fraction of sp³-hybridized carbons (Fsp3) is 0.595. The van der Waals surface area contributed by atoms with Crippen molar-refractivity contribution in [3.63, 3.8) is 0 Å². The molecule has 0 amide bonds. The van der Waals surface area contributed by atoms with Crippen LogP contribution in [-0.2, 0) is 23.9 Å². The van der Waals surface area contributed by atoms with E-state index < -0.39 is 57.4 Å². The summed E-state index contributed by atoms with van der Waals surface area (Å²) in [5, 5.41) is 37.7. The summed E-state index contributed by atoms with van der Waals surface area (Å²) < 4.78 is 11.9. The molecule has 0 saturated heterocycles. The lowest BCUT2D eigenvalue weighted by Gasteiger charge is -2.67. The number of ketones is 1. The quantitative estimate of drug-likeness (QED) is 0.188. The van der Waals surface area contributed by atoms with Crippen LogP contribution in [0.25, 0.3) is 6.08 Å². The lowest BCUT2D eigenvalue weighted by molar-refractivity contribution is -0.314. The van der Waals surface area contributed by atoms with E-state index in [1.54, 1.807) is 19.1 Å². The highest BCUT2D eigenvalue weighted by atomic mass is 35.5. The zero-order valence-corrected chi connectivity index (χ0v) is 28.4. The Morgan fingerprint density at radius 3 is 2.35 bits per heavy atom. The highest BCUT2D eigenvalue weighted by molar-refractivity contribution is 6.32. The van der Waals surface area contributed by atoms with Crippen molar-refractivity contribution in [3.8, 4) is 0 Å². The molecule has 4 aliphatic rings. The number of allylic oxidation sites excluding steroid dienone is 1. The van der Waals surface area contributed by atoms with Crippen LogP contribution in [0.15, 0.2) is 53.6 Å². The molecule has 46 heavy (non-hydrogen) atoms. The van der Waals surface area contributed by atoms with Gasteiger partial charge in [-0.2, -0.15) is 0 Å². The second-order valence-electron chi connectivity index (χ2n) is 14.7. The van der Waals surface area contributed by atoms with Crippen molar-refractivity contribution in [3.05, 3.63) is 64.2 Å². The molecule has 0 unspecified atom stereocenters. The Balaban J connectivity index is 1.45. The molecule has 8 atom stereocenters. The lowest BCUT2D eigenvalue weighted by Crippen LogP contribution is -2.78. The summed E-state index contributed by atoms with van der Waals surface area (Å²) in [7, 11) is 0. The van der Waals surface area contributed by atoms with Gasteiger partial charge in [-0.1, -0.05) is 67.8 Å². The molecule has 0 heterocycles. The molecule has 0 aliphatic heterocycles. The van der Waals surface area contributed by atoms with Gasteiger partial charge in [0.05, 0.1) is 5.41 Å². The second-order valence-corrected chi connectivity index (χ2v) is 15.1. The Labute approximate surface area is 276 Å². The number of aliphatic hydroxyl groups is 3. The van der Waals surface area contributed by atoms with Gasteiger partial charge >= 0.3 is 11.9 Å². The first-order chi connectivity index (χ1) is 21.4. The largest absolute Gasteiger partial charge is 0.459 e. The highest BCUT2D eigenvalue weighted by Crippen LogP contribution is 2.71. The first-order valence-corrected chi connectivity index (χ1v) is 16.7. The molecule has 0 spiro atoms. The van der Waals surface area contributed by atoms with Crippen molar-refractivity contribution in [1.29, 1.82) is 0 Å². The molecule has 5 rings (SSSR count). The van der Waals surface area contributed by atoms with Gasteiger partial charge in [0.2, 0.25) is 0 Å². The third-order valence-corrected chi connectivity index (χ3v) is 12.6. The van der Waals surface area contributed by atoms with Crippen LogP contribution in [0.3, 0.4) is 0 Å². The highest BCUT2D eigenvalue weighted by Gasteiger charge is 2.81. The average molecular weight is 655 g/mol. The minimum absolute atomic E-state index is 0.0290. The molecule has 3 fully saturated rings. The van der Waals surface area contributed by atoms with E-state index in [4.69, 9.17) is 21.1 Å². The smallest absolute Gasteiger partial charge is 0.331 e. The minimum Gasteiger partial charge on any atom is -0.459 e.